The van der Waals surface area contributed by atoms with Gasteiger partial charge in [0.05, 0.1) is 6.61 Å². The summed E-state index contributed by atoms with van der Waals surface area (Å²) in [5.74, 6) is 0.448. The summed E-state index contributed by atoms with van der Waals surface area (Å²) in [7, 11) is 0. The van der Waals surface area contributed by atoms with E-state index < -0.39 is 5.41 Å². The third-order valence-electron chi connectivity index (χ3n) is 5.46. The Balaban J connectivity index is 1.92. The van der Waals surface area contributed by atoms with Gasteiger partial charge in [0.15, 0.2) is 5.78 Å². The second-order valence-corrected chi connectivity index (χ2v) is 7.39. The normalized spacial score (nSPS) is 44.2. The lowest BCUT2D eigenvalue weighted by atomic mass is 9.75. The van der Waals surface area contributed by atoms with Crippen LogP contribution in [0.15, 0.2) is 0 Å². The molecule has 0 radical (unpaired) electrons. The van der Waals surface area contributed by atoms with E-state index in [0.717, 1.165) is 25.7 Å². The number of hydrogen-bond donors (Lipinski definition) is 0. The molecular weight excluding hydrogens is 228 g/mol. The quantitative estimate of drug-likeness (QED) is 0.559. The molecule has 0 unspecified atom stereocenters. The van der Waals surface area contributed by atoms with Gasteiger partial charge < -0.3 is 4.74 Å². The van der Waals surface area contributed by atoms with E-state index >= 15 is 0 Å². The summed E-state index contributed by atoms with van der Waals surface area (Å²) in [6.07, 6.45) is 4.36. The first-order chi connectivity index (χ1) is 8.34. The van der Waals surface area contributed by atoms with Gasteiger partial charge in [-0.3, -0.25) is 9.59 Å². The van der Waals surface area contributed by atoms with Gasteiger partial charge in [0, 0.05) is 6.42 Å². The number of carbonyl (C=O) groups is 2. The Hall–Kier alpha value is -0.860. The van der Waals surface area contributed by atoms with E-state index in [1.165, 1.54) is 0 Å². The second kappa shape index (κ2) is 3.37. The van der Waals surface area contributed by atoms with E-state index in [1.807, 2.05) is 6.92 Å². The van der Waals surface area contributed by atoms with E-state index in [2.05, 4.69) is 13.8 Å². The topological polar surface area (TPSA) is 43.4 Å². The molecule has 0 heterocycles. The molecule has 3 aliphatic carbocycles. The molecule has 0 aliphatic heterocycles. The highest BCUT2D eigenvalue weighted by molar-refractivity contribution is 6.07. The molecule has 3 saturated carbocycles. The highest BCUT2D eigenvalue weighted by Gasteiger charge is 2.71. The van der Waals surface area contributed by atoms with Crippen LogP contribution in [0.2, 0.25) is 0 Å². The summed E-state index contributed by atoms with van der Waals surface area (Å²) in [6.45, 7) is 6.75. The van der Waals surface area contributed by atoms with Gasteiger partial charge in [-0.2, -0.15) is 0 Å². The average Bonchev–Trinajstić information content (AvgIpc) is 2.74. The molecule has 0 saturated heterocycles. The Morgan fingerprint density at radius 3 is 2.72 bits per heavy atom. The van der Waals surface area contributed by atoms with Crippen molar-refractivity contribution >= 4 is 11.8 Å². The Bertz CT molecular complexity index is 425. The van der Waals surface area contributed by atoms with Crippen LogP contribution < -0.4 is 0 Å². The van der Waals surface area contributed by atoms with Crippen molar-refractivity contribution in [2.24, 2.45) is 22.2 Å². The monoisotopic (exact) mass is 250 g/mol. The minimum Gasteiger partial charge on any atom is -0.465 e. The zero-order valence-corrected chi connectivity index (χ0v) is 11.5. The van der Waals surface area contributed by atoms with Crippen molar-refractivity contribution in [1.29, 1.82) is 0 Å². The lowest BCUT2D eigenvalue weighted by Gasteiger charge is -2.28. The summed E-state index contributed by atoms with van der Waals surface area (Å²) in [6, 6.07) is 0. The first-order valence-corrected chi connectivity index (χ1v) is 7.04. The Morgan fingerprint density at radius 2 is 2.06 bits per heavy atom. The molecule has 3 rings (SSSR count). The van der Waals surface area contributed by atoms with Gasteiger partial charge in [0.25, 0.3) is 0 Å². The third kappa shape index (κ3) is 1.36. The fourth-order valence-corrected chi connectivity index (χ4v) is 5.15. The van der Waals surface area contributed by atoms with Gasteiger partial charge in [0.2, 0.25) is 0 Å². The van der Waals surface area contributed by atoms with E-state index in [-0.39, 0.29) is 17.2 Å². The fourth-order valence-electron chi connectivity index (χ4n) is 5.15. The standard InChI is InChI=1S/C15H22O3/c1-4-18-12(17)15-6-10-5-13(2,3)8-14(10,9-15)7-11(15)16/h10H,4-9H2,1-3H3/t10-,14+,15+/m1/s1. The molecule has 0 N–H and O–H groups in total. The maximum absolute atomic E-state index is 12.3. The zero-order valence-electron chi connectivity index (χ0n) is 11.5. The SMILES string of the molecule is CCOC(=O)[C@]12C[C@H]3CC(C)(C)C[C@@]3(CC1=O)C2. The van der Waals surface area contributed by atoms with Crippen molar-refractivity contribution in [2.45, 2.75) is 52.9 Å². The molecule has 0 aromatic rings. The largest absolute Gasteiger partial charge is 0.465 e. The summed E-state index contributed by atoms with van der Waals surface area (Å²) in [5.41, 5.74) is -0.319. The number of ether oxygens (including phenoxy) is 1. The maximum atomic E-state index is 12.3. The number of rotatable bonds is 2. The van der Waals surface area contributed by atoms with Gasteiger partial charge in [-0.05, 0) is 49.4 Å². The number of esters is 1. The first-order valence-electron chi connectivity index (χ1n) is 7.04. The van der Waals surface area contributed by atoms with Crippen molar-refractivity contribution in [3.8, 4) is 0 Å². The van der Waals surface area contributed by atoms with Gasteiger partial charge in [0.1, 0.15) is 5.41 Å². The molecule has 0 amide bonds. The molecule has 1 spiro atoms. The number of fused-ring (bicyclic) bond motifs is 1. The number of ketones is 1. The van der Waals surface area contributed by atoms with Crippen LogP contribution in [0.25, 0.3) is 0 Å². The minimum atomic E-state index is -0.767. The highest BCUT2D eigenvalue weighted by Crippen LogP contribution is 2.72. The third-order valence-corrected chi connectivity index (χ3v) is 5.46. The summed E-state index contributed by atoms with van der Waals surface area (Å²) < 4.78 is 5.17. The van der Waals surface area contributed by atoms with Gasteiger partial charge in [-0.25, -0.2) is 0 Å². The molecule has 0 aromatic carbocycles. The fraction of sp³-hybridized carbons (Fsp3) is 0.867. The minimum absolute atomic E-state index is 0.118. The van der Waals surface area contributed by atoms with Crippen LogP contribution >= 0.6 is 0 Å². The average molecular weight is 250 g/mol. The maximum Gasteiger partial charge on any atom is 0.319 e. The van der Waals surface area contributed by atoms with Crippen molar-refractivity contribution < 1.29 is 14.3 Å². The predicted octanol–water partition coefficient (Wildman–Crippen LogP) is 2.73. The van der Waals surface area contributed by atoms with Crippen LogP contribution in [-0.2, 0) is 14.3 Å². The number of carbonyl (C=O) groups excluding carboxylic acids is 2. The molecule has 0 aromatic heterocycles. The zero-order chi connectivity index (χ0) is 13.2. The van der Waals surface area contributed by atoms with Crippen molar-refractivity contribution in [1.82, 2.24) is 0 Å². The molecule has 3 aliphatic rings. The van der Waals surface area contributed by atoms with Crippen LogP contribution in [-0.4, -0.2) is 18.4 Å². The number of Topliss-reactive ketones (excluding diaryl/α,β-unsaturated/α-hetero) is 1. The highest BCUT2D eigenvalue weighted by atomic mass is 16.5. The molecule has 3 heteroatoms. The molecule has 2 bridgehead atoms. The molecule has 18 heavy (non-hydrogen) atoms. The van der Waals surface area contributed by atoms with E-state index in [0.29, 0.717) is 24.4 Å². The first kappa shape index (κ1) is 12.2. The van der Waals surface area contributed by atoms with Gasteiger partial charge in [-0.15, -0.1) is 0 Å². The van der Waals surface area contributed by atoms with E-state index in [9.17, 15) is 9.59 Å². The Labute approximate surface area is 108 Å². The molecule has 3 fully saturated rings. The van der Waals surface area contributed by atoms with Gasteiger partial charge >= 0.3 is 5.97 Å². The van der Waals surface area contributed by atoms with Crippen molar-refractivity contribution in [2.75, 3.05) is 6.61 Å². The summed E-state index contributed by atoms with van der Waals surface area (Å²) in [5, 5.41) is 0. The predicted molar refractivity (Wildman–Crippen MR) is 66.9 cm³/mol. The van der Waals surface area contributed by atoms with Crippen LogP contribution in [0.3, 0.4) is 0 Å². The molecule has 100 valence electrons. The summed E-state index contributed by atoms with van der Waals surface area (Å²) >= 11 is 0. The smallest absolute Gasteiger partial charge is 0.319 e. The van der Waals surface area contributed by atoms with Crippen molar-refractivity contribution in [3.05, 3.63) is 0 Å². The van der Waals surface area contributed by atoms with Crippen LogP contribution in [0, 0.1) is 22.2 Å². The van der Waals surface area contributed by atoms with Crippen LogP contribution in [0.4, 0.5) is 0 Å². The summed E-state index contributed by atoms with van der Waals surface area (Å²) in [4.78, 5) is 24.5. The van der Waals surface area contributed by atoms with Crippen molar-refractivity contribution in [3.63, 3.8) is 0 Å². The lowest BCUT2D eigenvalue weighted by molar-refractivity contribution is -0.159. The Morgan fingerprint density at radius 1 is 1.33 bits per heavy atom. The Kier molecular flexibility index (Phi) is 2.28. The molecular formula is C15H22O3. The molecule has 3 atom stereocenters. The van der Waals surface area contributed by atoms with Gasteiger partial charge in [-0.1, -0.05) is 13.8 Å². The van der Waals surface area contributed by atoms with Crippen LogP contribution in [0.5, 0.6) is 0 Å². The van der Waals surface area contributed by atoms with E-state index in [4.69, 9.17) is 4.74 Å². The molecule has 3 nitrogen and oxygen atoms in total. The van der Waals surface area contributed by atoms with Crippen LogP contribution in [0.1, 0.15) is 52.9 Å². The second-order valence-electron chi connectivity index (χ2n) is 7.39. The van der Waals surface area contributed by atoms with E-state index in [1.54, 1.807) is 0 Å². The lowest BCUT2D eigenvalue weighted by Crippen LogP contribution is -2.38. The number of hydrogen-bond acceptors (Lipinski definition) is 3.